The molecular formula is C17H21FN2O. The van der Waals surface area contributed by atoms with Gasteiger partial charge >= 0.3 is 0 Å². The summed E-state index contributed by atoms with van der Waals surface area (Å²) in [5.41, 5.74) is 2.49. The summed E-state index contributed by atoms with van der Waals surface area (Å²) in [7, 11) is 5.40. The van der Waals surface area contributed by atoms with E-state index in [1.807, 2.05) is 56.3 Å². The zero-order valence-electron chi connectivity index (χ0n) is 12.9. The van der Waals surface area contributed by atoms with Gasteiger partial charge < -0.3 is 15.0 Å². The van der Waals surface area contributed by atoms with Crippen LogP contribution in [-0.2, 0) is 0 Å². The van der Waals surface area contributed by atoms with E-state index < -0.39 is 0 Å². The molecule has 21 heavy (non-hydrogen) atoms. The molecule has 0 aliphatic rings. The summed E-state index contributed by atoms with van der Waals surface area (Å²) in [6, 6.07) is 12.8. The SMILES string of the molecule is CNC(C)c1c(F)cccc1N(C)c1ccc(OC)cc1. The van der Waals surface area contributed by atoms with Crippen LogP contribution in [0.5, 0.6) is 5.75 Å². The van der Waals surface area contributed by atoms with Crippen LogP contribution < -0.4 is 15.0 Å². The molecule has 1 atom stereocenters. The van der Waals surface area contributed by atoms with Gasteiger partial charge in [-0.25, -0.2) is 4.39 Å². The van der Waals surface area contributed by atoms with Gasteiger partial charge in [0.05, 0.1) is 7.11 Å². The largest absolute Gasteiger partial charge is 0.497 e. The molecule has 4 heteroatoms. The maximum atomic E-state index is 14.2. The summed E-state index contributed by atoms with van der Waals surface area (Å²) >= 11 is 0. The lowest BCUT2D eigenvalue weighted by molar-refractivity contribution is 0.415. The van der Waals surface area contributed by atoms with E-state index in [9.17, 15) is 4.39 Å². The van der Waals surface area contributed by atoms with Crippen molar-refractivity contribution in [3.63, 3.8) is 0 Å². The molecule has 0 heterocycles. The Morgan fingerprint density at radius 2 is 1.81 bits per heavy atom. The number of rotatable bonds is 5. The molecule has 0 aliphatic heterocycles. The lowest BCUT2D eigenvalue weighted by Gasteiger charge is -2.25. The van der Waals surface area contributed by atoms with E-state index in [-0.39, 0.29) is 11.9 Å². The fourth-order valence-corrected chi connectivity index (χ4v) is 2.34. The molecule has 0 bridgehead atoms. The Morgan fingerprint density at radius 1 is 1.14 bits per heavy atom. The number of anilines is 2. The van der Waals surface area contributed by atoms with Crippen molar-refractivity contribution in [3.05, 3.63) is 53.8 Å². The molecule has 0 fully saturated rings. The lowest BCUT2D eigenvalue weighted by atomic mass is 10.0. The van der Waals surface area contributed by atoms with Crippen LogP contribution in [-0.4, -0.2) is 21.2 Å². The predicted molar refractivity (Wildman–Crippen MR) is 84.9 cm³/mol. The Bertz CT molecular complexity index is 598. The van der Waals surface area contributed by atoms with Gasteiger partial charge in [-0.2, -0.15) is 0 Å². The van der Waals surface area contributed by atoms with Crippen molar-refractivity contribution < 1.29 is 9.13 Å². The fraction of sp³-hybridized carbons (Fsp3) is 0.294. The van der Waals surface area contributed by atoms with Crippen molar-refractivity contribution in [2.24, 2.45) is 0 Å². The molecular weight excluding hydrogens is 267 g/mol. The first kappa shape index (κ1) is 15.3. The maximum Gasteiger partial charge on any atom is 0.130 e. The smallest absolute Gasteiger partial charge is 0.130 e. The Morgan fingerprint density at radius 3 is 2.38 bits per heavy atom. The first-order valence-corrected chi connectivity index (χ1v) is 6.92. The molecule has 0 amide bonds. The lowest BCUT2D eigenvalue weighted by Crippen LogP contribution is -2.19. The molecule has 2 aromatic carbocycles. The number of halogens is 1. The summed E-state index contributed by atoms with van der Waals surface area (Å²) in [5, 5.41) is 3.10. The van der Waals surface area contributed by atoms with Crippen molar-refractivity contribution in [2.45, 2.75) is 13.0 Å². The number of nitrogens with zero attached hydrogens (tertiary/aromatic N) is 1. The number of methoxy groups -OCH3 is 1. The van der Waals surface area contributed by atoms with E-state index in [0.29, 0.717) is 5.56 Å². The summed E-state index contributed by atoms with van der Waals surface area (Å²) in [5.74, 6) is 0.602. The topological polar surface area (TPSA) is 24.5 Å². The molecule has 2 aromatic rings. The van der Waals surface area contributed by atoms with E-state index in [1.165, 1.54) is 6.07 Å². The van der Waals surface area contributed by atoms with Crippen LogP contribution in [0, 0.1) is 5.82 Å². The minimum absolute atomic E-state index is 0.0677. The standard InChI is InChI=1S/C17H21FN2O/c1-12(19-2)17-15(18)6-5-7-16(17)20(3)13-8-10-14(21-4)11-9-13/h5-12,19H,1-4H3. The van der Waals surface area contributed by atoms with Crippen molar-refractivity contribution in [2.75, 3.05) is 26.1 Å². The van der Waals surface area contributed by atoms with Crippen molar-refractivity contribution in [1.29, 1.82) is 0 Å². The summed E-state index contributed by atoms with van der Waals surface area (Å²) < 4.78 is 19.4. The van der Waals surface area contributed by atoms with Gasteiger partial charge in [0.25, 0.3) is 0 Å². The van der Waals surface area contributed by atoms with Gasteiger partial charge in [0.2, 0.25) is 0 Å². The third-order valence-corrected chi connectivity index (χ3v) is 3.72. The van der Waals surface area contributed by atoms with Crippen LogP contribution in [0.15, 0.2) is 42.5 Å². The maximum absolute atomic E-state index is 14.2. The molecule has 0 aromatic heterocycles. The molecule has 0 saturated heterocycles. The second-order valence-corrected chi connectivity index (χ2v) is 4.94. The Hall–Kier alpha value is -2.07. The van der Waals surface area contributed by atoms with Gasteiger partial charge in [-0.05, 0) is 50.4 Å². The van der Waals surface area contributed by atoms with Gasteiger partial charge in [0.15, 0.2) is 0 Å². The summed E-state index contributed by atoms with van der Waals surface area (Å²) in [6.07, 6.45) is 0. The molecule has 0 radical (unpaired) electrons. The minimum atomic E-state index is -0.199. The van der Waals surface area contributed by atoms with E-state index in [2.05, 4.69) is 5.32 Å². The highest BCUT2D eigenvalue weighted by Gasteiger charge is 2.17. The van der Waals surface area contributed by atoms with Crippen LogP contribution in [0.4, 0.5) is 15.8 Å². The number of benzene rings is 2. The molecule has 1 N–H and O–H groups in total. The molecule has 0 saturated carbocycles. The number of hydrogen-bond acceptors (Lipinski definition) is 3. The van der Waals surface area contributed by atoms with Crippen molar-refractivity contribution in [3.8, 4) is 5.75 Å². The second-order valence-electron chi connectivity index (χ2n) is 4.94. The monoisotopic (exact) mass is 288 g/mol. The predicted octanol–water partition coefficient (Wildman–Crippen LogP) is 3.88. The third-order valence-electron chi connectivity index (χ3n) is 3.72. The van der Waals surface area contributed by atoms with Gasteiger partial charge in [0, 0.05) is 30.0 Å². The minimum Gasteiger partial charge on any atom is -0.497 e. The Labute approximate surface area is 125 Å². The highest BCUT2D eigenvalue weighted by Crippen LogP contribution is 2.33. The number of ether oxygens (including phenoxy) is 1. The van der Waals surface area contributed by atoms with Crippen LogP contribution in [0.3, 0.4) is 0 Å². The normalized spacial score (nSPS) is 12.0. The second kappa shape index (κ2) is 6.59. The first-order valence-electron chi connectivity index (χ1n) is 6.92. The van der Waals surface area contributed by atoms with Crippen LogP contribution in [0.25, 0.3) is 0 Å². The average Bonchev–Trinajstić information content (AvgIpc) is 2.53. The van der Waals surface area contributed by atoms with Gasteiger partial charge in [-0.1, -0.05) is 6.07 Å². The molecule has 112 valence electrons. The van der Waals surface area contributed by atoms with Gasteiger partial charge in [0.1, 0.15) is 11.6 Å². The molecule has 2 rings (SSSR count). The average molecular weight is 288 g/mol. The van der Waals surface area contributed by atoms with Crippen molar-refractivity contribution >= 4 is 11.4 Å². The zero-order chi connectivity index (χ0) is 15.4. The Balaban J connectivity index is 2.42. The van der Waals surface area contributed by atoms with E-state index in [1.54, 1.807) is 13.2 Å². The zero-order valence-corrected chi connectivity index (χ0v) is 12.9. The summed E-state index contributed by atoms with van der Waals surface area (Å²) in [6.45, 7) is 1.95. The highest BCUT2D eigenvalue weighted by molar-refractivity contribution is 5.67. The van der Waals surface area contributed by atoms with Gasteiger partial charge in [-0.3, -0.25) is 0 Å². The molecule has 1 unspecified atom stereocenters. The third kappa shape index (κ3) is 3.16. The first-order chi connectivity index (χ1) is 10.1. The van der Waals surface area contributed by atoms with Crippen molar-refractivity contribution in [1.82, 2.24) is 5.32 Å². The number of nitrogens with one attached hydrogen (secondary N) is 1. The quantitative estimate of drug-likeness (QED) is 0.903. The molecule has 0 spiro atoms. The molecule has 0 aliphatic carbocycles. The Kier molecular flexibility index (Phi) is 4.81. The van der Waals surface area contributed by atoms with Crippen LogP contribution in [0.2, 0.25) is 0 Å². The summed E-state index contributed by atoms with van der Waals surface area (Å²) in [4.78, 5) is 1.98. The van der Waals surface area contributed by atoms with Crippen LogP contribution >= 0.6 is 0 Å². The van der Waals surface area contributed by atoms with E-state index >= 15 is 0 Å². The van der Waals surface area contributed by atoms with E-state index in [0.717, 1.165) is 17.1 Å². The number of hydrogen-bond donors (Lipinski definition) is 1. The highest BCUT2D eigenvalue weighted by atomic mass is 19.1. The fourth-order valence-electron chi connectivity index (χ4n) is 2.34. The van der Waals surface area contributed by atoms with Gasteiger partial charge in [-0.15, -0.1) is 0 Å². The van der Waals surface area contributed by atoms with Crippen LogP contribution in [0.1, 0.15) is 18.5 Å². The van der Waals surface area contributed by atoms with E-state index in [4.69, 9.17) is 4.74 Å². The molecule has 3 nitrogen and oxygen atoms in total.